The second-order valence-electron chi connectivity index (χ2n) is 8.37. The molecule has 6 heteroatoms. The first-order valence-electron chi connectivity index (χ1n) is 9.56. The van der Waals surface area contributed by atoms with Gasteiger partial charge in [-0.3, -0.25) is 9.80 Å². The third kappa shape index (κ3) is 5.70. The topological polar surface area (TPSA) is 6.48 Å². The van der Waals surface area contributed by atoms with E-state index in [2.05, 4.69) is 79.0 Å². The fourth-order valence-corrected chi connectivity index (χ4v) is 31.8. The number of rotatable bonds is 10. The molecule has 2 unspecified atom stereocenters. The van der Waals surface area contributed by atoms with Gasteiger partial charge in [0.2, 0.25) is 0 Å². The van der Waals surface area contributed by atoms with Gasteiger partial charge in [-0.15, -0.1) is 0 Å². The standard InChI is InChI=1S/C16H44N2Si4/c1-11(2)17(12(3)4)15(9)16(10,20-22-21-19)18(13(5)6)14(7)8/h11-15H,20-22H2,1-10,19H3. The first-order valence-corrected chi connectivity index (χ1v) is 23.9. The monoisotopic (exact) mass is 376 g/mol. The first kappa shape index (κ1) is 22.8. The minimum atomic E-state index is 0.0612. The van der Waals surface area contributed by atoms with Gasteiger partial charge < -0.3 is 0 Å². The minimum absolute atomic E-state index is 0.0612. The Morgan fingerprint density at radius 3 is 1.45 bits per heavy atom. The molecule has 0 spiro atoms. The van der Waals surface area contributed by atoms with Crippen LogP contribution in [0.1, 0.15) is 69.2 Å². The maximum absolute atomic E-state index is 2.89. The molecule has 0 N–H and O–H groups in total. The van der Waals surface area contributed by atoms with Gasteiger partial charge in [-0.25, -0.2) is 0 Å². The maximum atomic E-state index is 2.89. The molecule has 0 saturated carbocycles. The van der Waals surface area contributed by atoms with Crippen molar-refractivity contribution in [2.24, 2.45) is 0 Å². The highest BCUT2D eigenvalue weighted by Gasteiger charge is 2.43. The molecule has 0 aromatic heterocycles. The Kier molecular flexibility index (Phi) is 10.3. The van der Waals surface area contributed by atoms with E-state index in [1.165, 1.54) is 0 Å². The van der Waals surface area contributed by atoms with Gasteiger partial charge in [0.05, 0.1) is 0 Å². The quantitative estimate of drug-likeness (QED) is 0.493. The normalized spacial score (nSPS) is 19.1. The van der Waals surface area contributed by atoms with E-state index in [-0.39, 0.29) is 9.04 Å². The van der Waals surface area contributed by atoms with E-state index in [0.717, 1.165) is 0 Å². The van der Waals surface area contributed by atoms with Gasteiger partial charge in [0.1, 0.15) is 0 Å². The smallest absolute Gasteiger partial charge is 0.0313 e. The summed E-state index contributed by atoms with van der Waals surface area (Å²) >= 11 is 0. The molecule has 22 heavy (non-hydrogen) atoms. The van der Waals surface area contributed by atoms with Crippen LogP contribution in [0, 0.1) is 0 Å². The average molecular weight is 377 g/mol. The largest absolute Gasteiger partial charge is 0.295 e. The third-order valence-electron chi connectivity index (χ3n) is 5.28. The van der Waals surface area contributed by atoms with Crippen molar-refractivity contribution in [2.75, 3.05) is 0 Å². The van der Waals surface area contributed by atoms with E-state index in [1.54, 1.807) is 9.76 Å². The molecule has 0 radical (unpaired) electrons. The van der Waals surface area contributed by atoms with Crippen molar-refractivity contribution in [2.45, 2.75) is 105 Å². The molecule has 0 amide bonds. The summed E-state index contributed by atoms with van der Waals surface area (Å²) in [7, 11) is 2.43. The molecule has 0 bridgehead atoms. The lowest BCUT2D eigenvalue weighted by molar-refractivity contribution is -0.000301. The zero-order chi connectivity index (χ0) is 17.7. The fourth-order valence-electron chi connectivity index (χ4n) is 4.68. The third-order valence-corrected chi connectivity index (χ3v) is 43.2. The van der Waals surface area contributed by atoms with Crippen molar-refractivity contribution in [1.29, 1.82) is 0 Å². The predicted octanol–water partition coefficient (Wildman–Crippen LogP) is -0.0545. The van der Waals surface area contributed by atoms with E-state index < -0.39 is 0 Å². The maximum Gasteiger partial charge on any atom is 0.0313 e. The van der Waals surface area contributed by atoms with Crippen LogP contribution in [0.25, 0.3) is 0 Å². The molecule has 0 aliphatic heterocycles. The van der Waals surface area contributed by atoms with Crippen molar-refractivity contribution >= 4 is 35.9 Å². The summed E-state index contributed by atoms with van der Waals surface area (Å²) in [5.74, 6) is 0. The van der Waals surface area contributed by atoms with Gasteiger partial charge in [0.25, 0.3) is 0 Å². The van der Waals surface area contributed by atoms with Crippen LogP contribution in [-0.2, 0) is 0 Å². The average Bonchev–Trinajstić information content (AvgIpc) is 2.34. The van der Waals surface area contributed by atoms with E-state index >= 15 is 0 Å². The van der Waals surface area contributed by atoms with Crippen LogP contribution in [0.3, 0.4) is 0 Å². The summed E-state index contributed by atoms with van der Waals surface area (Å²) in [6.07, 6.45) is 0. The van der Waals surface area contributed by atoms with E-state index in [1.807, 2.05) is 0 Å². The first-order chi connectivity index (χ1) is 10.0. The molecule has 0 saturated heterocycles. The van der Waals surface area contributed by atoms with Gasteiger partial charge in [-0.2, -0.15) is 0 Å². The summed E-state index contributed by atoms with van der Waals surface area (Å²) in [5, 5.41) is 0.473. The van der Waals surface area contributed by atoms with Crippen LogP contribution in [0.5, 0.6) is 0 Å². The molecular weight excluding hydrogens is 333 g/mol. The Morgan fingerprint density at radius 1 is 0.773 bits per heavy atom. The number of hydrogen-bond acceptors (Lipinski definition) is 2. The number of nitrogens with zero attached hydrogens (tertiary/aromatic N) is 2. The summed E-state index contributed by atoms with van der Waals surface area (Å²) in [4.78, 5) is 5.67. The molecule has 0 aromatic carbocycles. The SMILES string of the molecule is CC(C)N(C(C)C)C(C)C(C)([SiH2][SiH2][SiH2][SiH3])N(C(C)C)C(C)C. The molecule has 134 valence electrons. The Morgan fingerprint density at radius 2 is 1.18 bits per heavy atom. The molecule has 2 atom stereocenters. The van der Waals surface area contributed by atoms with Crippen LogP contribution in [-0.4, -0.2) is 81.1 Å². The van der Waals surface area contributed by atoms with Gasteiger partial charge in [-0.1, -0.05) is 0 Å². The molecule has 0 aliphatic rings. The van der Waals surface area contributed by atoms with Crippen LogP contribution >= 0.6 is 0 Å². The summed E-state index contributed by atoms with van der Waals surface area (Å²) in [6.45, 7) is 24.3. The van der Waals surface area contributed by atoms with Crippen molar-refractivity contribution in [3.8, 4) is 0 Å². The van der Waals surface area contributed by atoms with Crippen LogP contribution in [0.15, 0.2) is 0 Å². The van der Waals surface area contributed by atoms with Gasteiger partial charge in [-0.05, 0) is 96.1 Å². The summed E-state index contributed by atoms with van der Waals surface area (Å²) < 4.78 is 0. The highest BCUT2D eigenvalue weighted by molar-refractivity contribution is 7.41. The van der Waals surface area contributed by atoms with E-state index in [9.17, 15) is 0 Å². The van der Waals surface area contributed by atoms with Crippen LogP contribution < -0.4 is 0 Å². The molecular formula is C16H44N2Si4. The van der Waals surface area contributed by atoms with E-state index in [0.29, 0.717) is 52.5 Å². The molecule has 0 heterocycles. The van der Waals surface area contributed by atoms with Gasteiger partial charge in [0, 0.05) is 44.4 Å². The van der Waals surface area contributed by atoms with E-state index in [4.69, 9.17) is 0 Å². The van der Waals surface area contributed by atoms with Gasteiger partial charge >= 0.3 is 0 Å². The minimum Gasteiger partial charge on any atom is -0.295 e. The predicted molar refractivity (Wildman–Crippen MR) is 118 cm³/mol. The second kappa shape index (κ2) is 9.93. The lowest BCUT2D eigenvalue weighted by Gasteiger charge is -2.55. The van der Waals surface area contributed by atoms with Crippen LogP contribution in [0.4, 0.5) is 0 Å². The highest BCUT2D eigenvalue weighted by Crippen LogP contribution is 2.29. The summed E-state index contributed by atoms with van der Waals surface area (Å²) in [6, 6.07) is 3.27. The molecule has 0 aliphatic carbocycles. The zero-order valence-electron chi connectivity index (χ0n) is 17.4. The lowest BCUT2D eigenvalue weighted by atomic mass is 10.00. The van der Waals surface area contributed by atoms with Crippen molar-refractivity contribution in [3.63, 3.8) is 0 Å². The lowest BCUT2D eigenvalue weighted by Crippen LogP contribution is -2.69. The summed E-state index contributed by atoms with van der Waals surface area (Å²) in [5.41, 5.74) is 0. The molecule has 2 nitrogen and oxygen atoms in total. The Bertz CT molecular complexity index is 295. The Balaban J connectivity index is 5.74. The fraction of sp³-hybridized carbons (Fsp3) is 1.00. The Labute approximate surface area is 150 Å². The molecule has 0 fully saturated rings. The Hall–Kier alpha value is 0.788. The van der Waals surface area contributed by atoms with Gasteiger partial charge in [0.15, 0.2) is 0 Å². The molecule has 0 rings (SSSR count). The second-order valence-corrected chi connectivity index (χ2v) is 34.0. The zero-order valence-corrected chi connectivity index (χ0v) is 23.6. The van der Waals surface area contributed by atoms with Crippen molar-refractivity contribution in [1.82, 2.24) is 9.80 Å². The number of hydrogen-bond donors (Lipinski definition) is 0. The highest BCUT2D eigenvalue weighted by atomic mass is 29.7. The van der Waals surface area contributed by atoms with Crippen LogP contribution in [0.2, 0.25) is 0 Å². The van der Waals surface area contributed by atoms with Crippen molar-refractivity contribution in [3.05, 3.63) is 0 Å². The van der Waals surface area contributed by atoms with Crippen molar-refractivity contribution < 1.29 is 0 Å². The molecule has 0 aromatic rings.